The number of hydrogen-bond acceptors (Lipinski definition) is 4. The zero-order chi connectivity index (χ0) is 22.7. The van der Waals surface area contributed by atoms with Crippen molar-refractivity contribution >= 4 is 0 Å². The van der Waals surface area contributed by atoms with Gasteiger partial charge in [0, 0.05) is 22.3 Å². The summed E-state index contributed by atoms with van der Waals surface area (Å²) in [5.74, 6) is 1.43. The number of aromatic hydroxyl groups is 2. The van der Waals surface area contributed by atoms with Gasteiger partial charge in [0.05, 0.1) is 0 Å². The van der Waals surface area contributed by atoms with E-state index in [4.69, 9.17) is 9.47 Å². The molecule has 0 radical (unpaired) electrons. The molecular formula is C26H34O4. The molecule has 4 heteroatoms. The highest BCUT2D eigenvalue weighted by Crippen LogP contribution is 2.48. The lowest BCUT2D eigenvalue weighted by Gasteiger charge is -2.26. The third kappa shape index (κ3) is 5.18. The molecule has 0 spiro atoms. The van der Waals surface area contributed by atoms with Gasteiger partial charge in [-0.25, -0.2) is 0 Å². The predicted molar refractivity (Wildman–Crippen MR) is 124 cm³/mol. The topological polar surface area (TPSA) is 58.9 Å². The van der Waals surface area contributed by atoms with E-state index in [0.717, 1.165) is 11.1 Å². The number of phenolic OH excluding ortho intramolecular Hbond substituents is 2. The molecule has 0 amide bonds. The number of phenols is 2. The highest BCUT2D eigenvalue weighted by atomic mass is 16.5. The minimum atomic E-state index is -0.328. The molecule has 2 N–H and O–H groups in total. The summed E-state index contributed by atoms with van der Waals surface area (Å²) >= 11 is 0. The molecule has 0 fully saturated rings. The lowest BCUT2D eigenvalue weighted by molar-refractivity contribution is 0.358. The van der Waals surface area contributed by atoms with E-state index in [2.05, 4.69) is 13.2 Å². The summed E-state index contributed by atoms with van der Waals surface area (Å²) in [6, 6.07) is 7.16. The summed E-state index contributed by atoms with van der Waals surface area (Å²) in [6.45, 7) is 20.2. The fourth-order valence-corrected chi connectivity index (χ4v) is 3.25. The first-order chi connectivity index (χ1) is 13.9. The molecule has 0 aliphatic rings. The smallest absolute Gasteiger partial charge is 0.127 e. The lowest BCUT2D eigenvalue weighted by atomic mass is 9.81. The Morgan fingerprint density at radius 2 is 1.03 bits per heavy atom. The van der Waals surface area contributed by atoms with E-state index in [0.29, 0.717) is 35.8 Å². The highest BCUT2D eigenvalue weighted by Gasteiger charge is 2.27. The van der Waals surface area contributed by atoms with Crippen molar-refractivity contribution in [2.24, 2.45) is 0 Å². The van der Waals surface area contributed by atoms with E-state index in [-0.39, 0.29) is 22.3 Å². The average Bonchev–Trinajstić information content (AvgIpc) is 2.64. The van der Waals surface area contributed by atoms with E-state index in [1.54, 1.807) is 24.3 Å². The van der Waals surface area contributed by atoms with Crippen LogP contribution in [0.25, 0.3) is 11.1 Å². The van der Waals surface area contributed by atoms with Crippen molar-refractivity contribution in [2.45, 2.75) is 52.4 Å². The molecule has 0 bridgehead atoms. The molecule has 2 rings (SSSR count). The molecule has 2 aromatic carbocycles. The quantitative estimate of drug-likeness (QED) is 0.512. The summed E-state index contributed by atoms with van der Waals surface area (Å²) in [6.07, 6.45) is 3.34. The number of ether oxygens (including phenoxy) is 2. The standard InChI is InChI=1S/C26H34O4/c1-9-11-29-17-13-19(23(27)21(15-17)25(3,4)5)20-14-18(30-12-10-2)16-22(24(20)28)26(6,7)8/h9-10,13-16,27-28H,1-2,11-12H2,3-8H3. The van der Waals surface area contributed by atoms with E-state index in [1.165, 1.54) is 0 Å². The Bertz CT molecular complexity index is 850. The van der Waals surface area contributed by atoms with Crippen LogP contribution in [-0.2, 0) is 10.8 Å². The Hall–Kier alpha value is -2.88. The first kappa shape index (κ1) is 23.4. The number of hydrogen-bond donors (Lipinski definition) is 2. The van der Waals surface area contributed by atoms with Crippen LogP contribution in [-0.4, -0.2) is 23.4 Å². The van der Waals surface area contributed by atoms with Crippen molar-refractivity contribution in [3.05, 3.63) is 60.7 Å². The molecular weight excluding hydrogens is 376 g/mol. The van der Waals surface area contributed by atoms with Crippen LogP contribution in [0.3, 0.4) is 0 Å². The lowest BCUT2D eigenvalue weighted by Crippen LogP contribution is -2.13. The normalized spacial score (nSPS) is 11.8. The van der Waals surface area contributed by atoms with Crippen LogP contribution in [0.1, 0.15) is 52.7 Å². The molecule has 0 unspecified atom stereocenters. The molecule has 0 saturated heterocycles. The molecule has 0 saturated carbocycles. The second kappa shape index (κ2) is 8.86. The Labute approximate surface area is 180 Å². The Morgan fingerprint density at radius 3 is 1.30 bits per heavy atom. The van der Waals surface area contributed by atoms with Gasteiger partial charge in [0.25, 0.3) is 0 Å². The van der Waals surface area contributed by atoms with Crippen LogP contribution in [0.5, 0.6) is 23.0 Å². The van der Waals surface area contributed by atoms with Crippen molar-refractivity contribution in [2.75, 3.05) is 13.2 Å². The van der Waals surface area contributed by atoms with Crippen molar-refractivity contribution < 1.29 is 19.7 Å². The van der Waals surface area contributed by atoms with Crippen LogP contribution >= 0.6 is 0 Å². The Morgan fingerprint density at radius 1 is 0.700 bits per heavy atom. The Balaban J connectivity index is 2.83. The van der Waals surface area contributed by atoms with E-state index < -0.39 is 0 Å². The maximum absolute atomic E-state index is 11.2. The van der Waals surface area contributed by atoms with Crippen molar-refractivity contribution in [3.63, 3.8) is 0 Å². The molecule has 0 aliphatic heterocycles. The maximum Gasteiger partial charge on any atom is 0.127 e. The minimum absolute atomic E-state index is 0.115. The summed E-state index contributed by atoms with van der Waals surface area (Å²) < 4.78 is 11.6. The zero-order valence-corrected chi connectivity index (χ0v) is 19.0. The van der Waals surface area contributed by atoms with Gasteiger partial charge in [0.2, 0.25) is 0 Å². The second-order valence-corrected chi connectivity index (χ2v) is 9.43. The SMILES string of the molecule is C=CCOc1cc(-c2cc(OCC=C)cc(C(C)(C)C)c2O)c(O)c(C(C)(C)C)c1. The van der Waals surface area contributed by atoms with E-state index in [1.807, 2.05) is 53.7 Å². The van der Waals surface area contributed by atoms with Crippen LogP contribution in [0, 0.1) is 0 Å². The maximum atomic E-state index is 11.2. The van der Waals surface area contributed by atoms with Crippen molar-refractivity contribution in [1.29, 1.82) is 0 Å². The summed E-state index contributed by atoms with van der Waals surface area (Å²) in [5.41, 5.74) is 1.79. The van der Waals surface area contributed by atoms with Crippen LogP contribution < -0.4 is 9.47 Å². The highest BCUT2D eigenvalue weighted by molar-refractivity contribution is 5.81. The van der Waals surface area contributed by atoms with Gasteiger partial charge in [-0.05, 0) is 35.1 Å². The molecule has 30 heavy (non-hydrogen) atoms. The number of rotatable bonds is 7. The van der Waals surface area contributed by atoms with Crippen LogP contribution in [0.15, 0.2) is 49.6 Å². The van der Waals surface area contributed by atoms with Crippen molar-refractivity contribution in [1.82, 2.24) is 0 Å². The van der Waals surface area contributed by atoms with Gasteiger partial charge >= 0.3 is 0 Å². The zero-order valence-electron chi connectivity index (χ0n) is 19.0. The molecule has 4 nitrogen and oxygen atoms in total. The minimum Gasteiger partial charge on any atom is -0.507 e. The second-order valence-electron chi connectivity index (χ2n) is 9.43. The number of benzene rings is 2. The monoisotopic (exact) mass is 410 g/mol. The van der Waals surface area contributed by atoms with Crippen molar-refractivity contribution in [3.8, 4) is 34.1 Å². The van der Waals surface area contributed by atoms with Crippen LogP contribution in [0.2, 0.25) is 0 Å². The average molecular weight is 411 g/mol. The van der Waals surface area contributed by atoms with Crippen LogP contribution in [0.4, 0.5) is 0 Å². The van der Waals surface area contributed by atoms with E-state index in [9.17, 15) is 10.2 Å². The third-order valence-electron chi connectivity index (χ3n) is 4.81. The molecule has 0 aliphatic carbocycles. The first-order valence-corrected chi connectivity index (χ1v) is 10.1. The fraction of sp³-hybridized carbons (Fsp3) is 0.385. The molecule has 0 heterocycles. The van der Waals surface area contributed by atoms with Gasteiger partial charge in [-0.1, -0.05) is 66.9 Å². The largest absolute Gasteiger partial charge is 0.507 e. The van der Waals surface area contributed by atoms with Gasteiger partial charge in [-0.2, -0.15) is 0 Å². The van der Waals surface area contributed by atoms with Gasteiger partial charge in [-0.3, -0.25) is 0 Å². The molecule has 0 atom stereocenters. The van der Waals surface area contributed by atoms with Gasteiger partial charge < -0.3 is 19.7 Å². The third-order valence-corrected chi connectivity index (χ3v) is 4.81. The molecule has 2 aromatic rings. The van der Waals surface area contributed by atoms with Gasteiger partial charge in [0.1, 0.15) is 36.2 Å². The van der Waals surface area contributed by atoms with E-state index >= 15 is 0 Å². The van der Waals surface area contributed by atoms with Gasteiger partial charge in [-0.15, -0.1) is 0 Å². The fourth-order valence-electron chi connectivity index (χ4n) is 3.25. The summed E-state index contributed by atoms with van der Waals surface area (Å²) in [7, 11) is 0. The molecule has 0 aromatic heterocycles. The summed E-state index contributed by atoms with van der Waals surface area (Å²) in [4.78, 5) is 0. The van der Waals surface area contributed by atoms with Gasteiger partial charge in [0.15, 0.2) is 0 Å². The summed E-state index contributed by atoms with van der Waals surface area (Å²) in [5, 5.41) is 22.3. The predicted octanol–water partition coefficient (Wildman–Crippen LogP) is 6.49. The Kier molecular flexibility index (Phi) is 6.91. The molecule has 162 valence electrons. The first-order valence-electron chi connectivity index (χ1n) is 10.1.